The molecule has 0 aromatic heterocycles. The lowest BCUT2D eigenvalue weighted by molar-refractivity contribution is 0.394. The zero-order valence-electron chi connectivity index (χ0n) is 35.7. The number of likely N-dealkylation sites (N-methyl/N-ethyl adjacent to an activating group) is 2. The lowest BCUT2D eigenvalue weighted by Crippen LogP contribution is -2.51. The molecule has 24 aromatic rings. The lowest BCUT2D eigenvalue weighted by Gasteiger charge is -2.51. The molecule has 68 heavy (non-hydrogen) atoms. The Morgan fingerprint density at radius 1 is 0.162 bits per heavy atom. The Hall–Kier alpha value is -7.36. The van der Waals surface area contributed by atoms with Crippen molar-refractivity contribution in [1.82, 2.24) is 9.80 Å². The molecule has 288 valence electrons. The van der Waals surface area contributed by atoms with Crippen molar-refractivity contribution in [3.8, 4) is 0 Å². The third-order valence-corrected chi connectivity index (χ3v) is 26.9. The maximum Gasteiger partial charge on any atom is 0.0505 e. The molecule has 0 N–H and O–H groups in total. The Kier molecular flexibility index (Phi) is 2.00. The van der Waals surface area contributed by atoms with Crippen LogP contribution in [-0.4, -0.2) is 50.1 Å². The van der Waals surface area contributed by atoms with Crippen LogP contribution in [0.5, 0.6) is 0 Å². The van der Waals surface area contributed by atoms with Crippen LogP contribution in [0.2, 0.25) is 0 Å². The van der Waals surface area contributed by atoms with Gasteiger partial charge < -0.3 is 9.80 Å². The molecule has 34 rings (SSSR count). The highest BCUT2D eigenvalue weighted by atomic mass is 15.2. The zero-order valence-corrected chi connectivity index (χ0v) is 35.7. The van der Waals surface area contributed by atoms with Gasteiger partial charge in [0, 0.05) is 26.2 Å². The van der Waals surface area contributed by atoms with Crippen LogP contribution >= 0.6 is 0 Å². The summed E-state index contributed by atoms with van der Waals surface area (Å²) in [7, 11) is 5.10. The van der Waals surface area contributed by atoms with Crippen molar-refractivity contribution in [3.05, 3.63) is 44.5 Å². The fraction of sp³-hybridized carbons (Fsp3) is 0.152. The summed E-state index contributed by atoms with van der Waals surface area (Å²) in [5.41, 5.74) is 14.2. The Balaban J connectivity index is 1.23. The van der Waals surface area contributed by atoms with Crippen molar-refractivity contribution in [2.75, 3.05) is 40.3 Å². The van der Waals surface area contributed by atoms with Gasteiger partial charge in [-0.05, 0) is 317 Å². The van der Waals surface area contributed by atoms with E-state index in [1.165, 1.54) is 0 Å². The molecule has 2 saturated heterocycles. The van der Waals surface area contributed by atoms with Crippen LogP contribution in [0.25, 0.3) is 259 Å². The smallest absolute Gasteiger partial charge is 0.0505 e. The van der Waals surface area contributed by atoms with Crippen LogP contribution in [0, 0.1) is 0 Å². The molecule has 4 atom stereocenters. The van der Waals surface area contributed by atoms with Gasteiger partial charge in [0.05, 0.1) is 21.7 Å². The summed E-state index contributed by atoms with van der Waals surface area (Å²) in [5.74, 6) is 0. The number of likely N-dealkylation sites (tertiary alicyclic amines) is 2. The van der Waals surface area contributed by atoms with Crippen LogP contribution < -0.4 is 0 Å². The molecule has 0 amide bonds. The monoisotopic (exact) mass is 834 g/mol. The van der Waals surface area contributed by atoms with Crippen molar-refractivity contribution in [3.63, 3.8) is 0 Å². The maximum atomic E-state index is 2.89. The van der Waals surface area contributed by atoms with E-state index in [0.717, 1.165) is 26.2 Å². The molecule has 4 spiro atoms. The number of hydrogen-bond donors (Lipinski definition) is 0. The van der Waals surface area contributed by atoms with Crippen LogP contribution in [-0.2, 0) is 21.7 Å². The molecule has 2 aliphatic heterocycles. The van der Waals surface area contributed by atoms with E-state index in [1.54, 1.807) is 259 Å². The quantitative estimate of drug-likeness (QED) is 0.140. The summed E-state index contributed by atoms with van der Waals surface area (Å²) in [6.45, 7) is 4.53. The maximum absolute atomic E-state index is 2.89. The molecule has 0 radical (unpaired) electrons. The van der Waals surface area contributed by atoms with E-state index >= 15 is 0 Å². The van der Waals surface area contributed by atoms with Gasteiger partial charge in [0.1, 0.15) is 0 Å². The van der Waals surface area contributed by atoms with Gasteiger partial charge >= 0.3 is 0 Å². The fourth-order valence-electron chi connectivity index (χ4n) is 27.5. The van der Waals surface area contributed by atoms with Gasteiger partial charge in [-0.2, -0.15) is 0 Å². The van der Waals surface area contributed by atoms with Crippen LogP contribution in [0.1, 0.15) is 44.5 Å². The topological polar surface area (TPSA) is 6.48 Å². The molecule has 2 heterocycles. The second-order valence-electron chi connectivity index (χ2n) is 27.0. The first kappa shape index (κ1) is 25.1. The standard InChI is InChI=1S/C66H14N2/c1-67-3-63-55-39-28-17-10-11-15-8-7-12-9-13(8)24-33-22(15)29-18(11)20-19(17)30-27-31(20)42-40(29)56-44(33)46-35(24)26-16(9)25-34-23(12)32(21(28)14(7)10)43(55)45(34)57-47-36(25)37(26)48-52-51(47)61(65(57,63)5-67)53-49(59(63)41(30)39)38(27)50-54(53)62(52)66(58(46)48)6-68(2)4-64(56,66)60(42)50/h3-6H2,1-2H3. The summed E-state index contributed by atoms with van der Waals surface area (Å²) in [4.78, 5) is 5.78. The Morgan fingerprint density at radius 2 is 0.250 bits per heavy atom. The minimum atomic E-state index is -0.114. The van der Waals surface area contributed by atoms with Gasteiger partial charge in [0.25, 0.3) is 0 Å². The molecule has 2 heteroatoms. The second-order valence-corrected chi connectivity index (χ2v) is 27.0. The molecule has 0 saturated carbocycles. The van der Waals surface area contributed by atoms with Gasteiger partial charge in [-0.25, -0.2) is 0 Å². The number of hydrogen-bond acceptors (Lipinski definition) is 2. The van der Waals surface area contributed by atoms with Crippen molar-refractivity contribution in [1.29, 1.82) is 0 Å². The highest BCUT2D eigenvalue weighted by molar-refractivity contribution is 6.78. The predicted molar refractivity (Wildman–Crippen MR) is 282 cm³/mol. The minimum Gasteiger partial charge on any atom is -0.304 e. The lowest BCUT2D eigenvalue weighted by atomic mass is 9.49. The summed E-state index contributed by atoms with van der Waals surface area (Å²) in [6, 6.07) is 0. The summed E-state index contributed by atoms with van der Waals surface area (Å²) < 4.78 is 0. The molecule has 2 fully saturated rings. The molecule has 24 aromatic carbocycles. The first-order valence-corrected chi connectivity index (χ1v) is 26.1. The SMILES string of the molecule is CN1CC23c4c5c6c7c8c4c4c2c2c9c%10c%11c%12c(c5c5c6c6c%13c%14c%15c%16c%17c(c8c8c4c4c2c2c9c9c%11c%11c%18c%12c5c%13c%18c5c%14c%12c%16c%13c%17c8c4c4c2c2c9c%11c5c%12c2c%134)C72CN(C)CC6%152)C%103C1. The Morgan fingerprint density at radius 3 is 0.382 bits per heavy atom. The highest BCUT2D eigenvalue weighted by Crippen LogP contribution is 2.88. The van der Waals surface area contributed by atoms with Crippen LogP contribution in [0.15, 0.2) is 0 Å². The zero-order chi connectivity index (χ0) is 40.3. The normalized spacial score (nSPS) is 29.2. The molecule has 10 aliphatic rings. The molecular weight excluding hydrogens is 821 g/mol. The average Bonchev–Trinajstić information content (AvgIpc) is 4.21. The minimum absolute atomic E-state index is 0.112. The second kappa shape index (κ2) is 5.41. The van der Waals surface area contributed by atoms with E-state index in [1.807, 2.05) is 44.5 Å². The van der Waals surface area contributed by atoms with E-state index in [0.29, 0.717) is 0 Å². The first-order chi connectivity index (χ1) is 33.7. The molecule has 8 aliphatic carbocycles. The van der Waals surface area contributed by atoms with Crippen molar-refractivity contribution < 1.29 is 0 Å². The highest BCUT2D eigenvalue weighted by Gasteiger charge is 2.76. The third kappa shape index (κ3) is 1.23. The average molecular weight is 835 g/mol. The van der Waals surface area contributed by atoms with Crippen molar-refractivity contribution in [2.24, 2.45) is 0 Å². The number of nitrogens with zero attached hydrogens (tertiary/aromatic N) is 2. The largest absolute Gasteiger partial charge is 0.304 e. The van der Waals surface area contributed by atoms with Crippen molar-refractivity contribution in [2.45, 2.75) is 21.7 Å². The van der Waals surface area contributed by atoms with E-state index in [9.17, 15) is 0 Å². The summed E-state index contributed by atoms with van der Waals surface area (Å²) in [6.07, 6.45) is 0. The fourth-order valence-corrected chi connectivity index (χ4v) is 27.5. The number of rotatable bonds is 0. The first-order valence-electron chi connectivity index (χ1n) is 26.1. The summed E-state index contributed by atoms with van der Waals surface area (Å²) in [5, 5.41) is 82.7. The van der Waals surface area contributed by atoms with Gasteiger partial charge in [-0.3, -0.25) is 0 Å². The van der Waals surface area contributed by atoms with E-state index in [4.69, 9.17) is 0 Å². The van der Waals surface area contributed by atoms with E-state index in [2.05, 4.69) is 23.9 Å². The Labute approximate surface area is 372 Å². The van der Waals surface area contributed by atoms with Crippen molar-refractivity contribution >= 4 is 259 Å². The molecule has 2 nitrogen and oxygen atoms in total. The molecule has 0 bridgehead atoms. The van der Waals surface area contributed by atoms with Gasteiger partial charge in [0.2, 0.25) is 0 Å². The van der Waals surface area contributed by atoms with Gasteiger partial charge in [-0.1, -0.05) is 0 Å². The summed E-state index contributed by atoms with van der Waals surface area (Å²) >= 11 is 0. The van der Waals surface area contributed by atoms with E-state index < -0.39 is 0 Å². The van der Waals surface area contributed by atoms with E-state index in [-0.39, 0.29) is 21.7 Å². The third-order valence-electron chi connectivity index (χ3n) is 26.9. The predicted octanol–water partition coefficient (Wildman–Crippen LogP) is 14.7. The van der Waals surface area contributed by atoms with Crippen LogP contribution in [0.3, 0.4) is 0 Å². The number of benzene rings is 16. The molecule has 4 unspecified atom stereocenters. The van der Waals surface area contributed by atoms with Gasteiger partial charge in [0.15, 0.2) is 0 Å². The Bertz CT molecular complexity index is 6750. The van der Waals surface area contributed by atoms with Crippen LogP contribution in [0.4, 0.5) is 0 Å². The van der Waals surface area contributed by atoms with Gasteiger partial charge in [-0.15, -0.1) is 0 Å². The molecular formula is C66H14N2.